The van der Waals surface area contributed by atoms with Crippen LogP contribution in [0.4, 0.5) is 5.69 Å². The van der Waals surface area contributed by atoms with Gasteiger partial charge in [-0.25, -0.2) is 4.72 Å². The second-order valence-electron chi connectivity index (χ2n) is 4.24. The van der Waals surface area contributed by atoms with E-state index in [9.17, 15) is 13.2 Å². The first kappa shape index (κ1) is 10.4. The van der Waals surface area contributed by atoms with Crippen molar-refractivity contribution in [1.82, 2.24) is 0 Å². The summed E-state index contributed by atoms with van der Waals surface area (Å²) in [6.45, 7) is 0. The summed E-state index contributed by atoms with van der Waals surface area (Å²) < 4.78 is 29.2. The van der Waals surface area contributed by atoms with Crippen LogP contribution in [0.5, 0.6) is 5.75 Å². The highest BCUT2D eigenvalue weighted by atomic mass is 32.2. The van der Waals surface area contributed by atoms with E-state index in [0.29, 0.717) is 24.1 Å². The zero-order valence-electron chi connectivity index (χ0n) is 8.63. The summed E-state index contributed by atoms with van der Waals surface area (Å²) in [6.07, 6.45) is 1.16. The Morgan fingerprint density at radius 3 is 2.71 bits per heavy atom. The Bertz CT molecular complexity index is 618. The first-order chi connectivity index (χ1) is 7.93. The third-order valence-electron chi connectivity index (χ3n) is 3.13. The standard InChI is InChI=1S/C10H9NO5S/c12-9(13)10(3-4-10)6-1-2-8-7(5-6)11-17(14,15)16-8/h1-2,5,11H,3-4H2,(H,12,13). The molecule has 0 bridgehead atoms. The Kier molecular flexibility index (Phi) is 1.79. The van der Waals surface area contributed by atoms with Crippen molar-refractivity contribution < 1.29 is 22.5 Å². The Labute approximate surface area is 97.5 Å². The number of anilines is 1. The first-order valence-electron chi connectivity index (χ1n) is 5.03. The molecule has 17 heavy (non-hydrogen) atoms. The van der Waals surface area contributed by atoms with E-state index in [1.54, 1.807) is 6.07 Å². The largest absolute Gasteiger partial charge is 0.481 e. The normalized spacial score (nSPS) is 22.1. The molecule has 2 aliphatic rings. The summed E-state index contributed by atoms with van der Waals surface area (Å²) >= 11 is 0. The zero-order chi connectivity index (χ0) is 12.3. The molecule has 90 valence electrons. The highest BCUT2D eigenvalue weighted by Gasteiger charge is 2.52. The van der Waals surface area contributed by atoms with Gasteiger partial charge in [0.25, 0.3) is 0 Å². The third kappa shape index (κ3) is 1.46. The van der Waals surface area contributed by atoms with Crippen LogP contribution < -0.4 is 8.91 Å². The Balaban J connectivity index is 2.05. The molecule has 0 aromatic heterocycles. The maximum absolute atomic E-state index is 11.1. The van der Waals surface area contributed by atoms with Gasteiger partial charge in [0.05, 0.1) is 11.1 Å². The van der Waals surface area contributed by atoms with Crippen molar-refractivity contribution in [3.8, 4) is 5.75 Å². The lowest BCUT2D eigenvalue weighted by Crippen LogP contribution is -2.19. The molecule has 0 saturated heterocycles. The van der Waals surface area contributed by atoms with Crippen molar-refractivity contribution in [2.75, 3.05) is 4.72 Å². The number of benzene rings is 1. The van der Waals surface area contributed by atoms with Gasteiger partial charge in [0.2, 0.25) is 0 Å². The number of nitrogens with one attached hydrogen (secondary N) is 1. The van der Waals surface area contributed by atoms with Crippen molar-refractivity contribution in [2.24, 2.45) is 0 Å². The summed E-state index contributed by atoms with van der Waals surface area (Å²) in [5.41, 5.74) is 0.0651. The lowest BCUT2D eigenvalue weighted by molar-refractivity contribution is -0.140. The number of carbonyl (C=O) groups is 1. The van der Waals surface area contributed by atoms with Gasteiger partial charge < -0.3 is 9.29 Å². The molecule has 0 unspecified atom stereocenters. The second kappa shape index (κ2) is 2.92. The third-order valence-corrected chi connectivity index (χ3v) is 3.99. The van der Waals surface area contributed by atoms with Crippen LogP contribution in [0.25, 0.3) is 0 Å². The van der Waals surface area contributed by atoms with Crippen molar-refractivity contribution in [2.45, 2.75) is 18.3 Å². The molecule has 1 aliphatic heterocycles. The van der Waals surface area contributed by atoms with Crippen LogP contribution in [-0.2, 0) is 20.5 Å². The van der Waals surface area contributed by atoms with Crippen LogP contribution in [0.15, 0.2) is 18.2 Å². The number of fused-ring (bicyclic) bond motifs is 1. The molecular formula is C10H9NO5S. The second-order valence-corrected chi connectivity index (χ2v) is 5.52. The van der Waals surface area contributed by atoms with E-state index in [0.717, 1.165) is 0 Å². The number of hydrogen-bond donors (Lipinski definition) is 2. The number of carboxylic acid groups (broad SMARTS) is 1. The highest BCUT2D eigenvalue weighted by Crippen LogP contribution is 2.50. The topological polar surface area (TPSA) is 92.7 Å². The Hall–Kier alpha value is -1.76. The number of hydrogen-bond acceptors (Lipinski definition) is 4. The molecule has 1 aromatic carbocycles. The smallest absolute Gasteiger partial charge is 0.407 e. The molecular weight excluding hydrogens is 246 g/mol. The van der Waals surface area contributed by atoms with E-state index in [-0.39, 0.29) is 5.75 Å². The molecule has 1 fully saturated rings. The molecule has 3 rings (SSSR count). The predicted octanol–water partition coefficient (Wildman–Crippen LogP) is 0.852. The maximum Gasteiger partial charge on any atom is 0.407 e. The molecule has 0 atom stereocenters. The Morgan fingerprint density at radius 2 is 2.12 bits per heavy atom. The van der Waals surface area contributed by atoms with Gasteiger partial charge in [-0.3, -0.25) is 4.79 Å². The average molecular weight is 255 g/mol. The van der Waals surface area contributed by atoms with Gasteiger partial charge in [-0.15, -0.1) is 0 Å². The molecule has 0 spiro atoms. The van der Waals surface area contributed by atoms with Crippen molar-refractivity contribution in [3.05, 3.63) is 23.8 Å². The molecule has 1 aromatic rings. The fraction of sp³-hybridized carbons (Fsp3) is 0.300. The first-order valence-corrected chi connectivity index (χ1v) is 6.44. The van der Waals surface area contributed by atoms with Crippen LogP contribution in [0.2, 0.25) is 0 Å². The minimum Gasteiger partial charge on any atom is -0.481 e. The average Bonchev–Trinajstić information content (AvgIpc) is 2.95. The monoisotopic (exact) mass is 255 g/mol. The fourth-order valence-electron chi connectivity index (χ4n) is 2.00. The van der Waals surface area contributed by atoms with E-state index >= 15 is 0 Å². The number of carboxylic acids is 1. The maximum atomic E-state index is 11.1. The summed E-state index contributed by atoms with van der Waals surface area (Å²) in [5.74, 6) is -0.672. The summed E-state index contributed by atoms with van der Waals surface area (Å²) in [4.78, 5) is 11.1. The van der Waals surface area contributed by atoms with Crippen LogP contribution >= 0.6 is 0 Å². The van der Waals surface area contributed by atoms with Gasteiger partial charge in [-0.05, 0) is 30.5 Å². The van der Waals surface area contributed by atoms with E-state index in [1.807, 2.05) is 0 Å². The molecule has 1 aliphatic carbocycles. The molecule has 2 N–H and O–H groups in total. The van der Waals surface area contributed by atoms with E-state index in [2.05, 4.69) is 8.91 Å². The number of aliphatic carboxylic acids is 1. The van der Waals surface area contributed by atoms with Crippen LogP contribution in [0, 0.1) is 0 Å². The minimum atomic E-state index is -3.76. The van der Waals surface area contributed by atoms with Crippen molar-refractivity contribution in [3.63, 3.8) is 0 Å². The molecule has 0 amide bonds. The summed E-state index contributed by atoms with van der Waals surface area (Å²) in [6, 6.07) is 4.61. The van der Waals surface area contributed by atoms with Gasteiger partial charge in [0.15, 0.2) is 5.75 Å². The predicted molar refractivity (Wildman–Crippen MR) is 58.2 cm³/mol. The van der Waals surface area contributed by atoms with E-state index in [1.165, 1.54) is 12.1 Å². The summed E-state index contributed by atoms with van der Waals surface area (Å²) in [5, 5.41) is 9.14. The molecule has 6 nitrogen and oxygen atoms in total. The van der Waals surface area contributed by atoms with Gasteiger partial charge in [-0.1, -0.05) is 6.07 Å². The minimum absolute atomic E-state index is 0.204. The van der Waals surface area contributed by atoms with Crippen molar-refractivity contribution >= 4 is 22.0 Å². The van der Waals surface area contributed by atoms with Gasteiger partial charge in [-0.2, -0.15) is 8.42 Å². The lowest BCUT2D eigenvalue weighted by atomic mass is 9.95. The van der Waals surface area contributed by atoms with Gasteiger partial charge in [0.1, 0.15) is 0 Å². The van der Waals surface area contributed by atoms with Crippen LogP contribution in [-0.4, -0.2) is 19.5 Å². The molecule has 7 heteroatoms. The SMILES string of the molecule is O=C(O)C1(c2ccc3c(c2)NS(=O)(=O)O3)CC1. The van der Waals surface area contributed by atoms with Crippen molar-refractivity contribution in [1.29, 1.82) is 0 Å². The van der Waals surface area contributed by atoms with Gasteiger partial charge >= 0.3 is 16.3 Å². The number of rotatable bonds is 2. The van der Waals surface area contributed by atoms with E-state index in [4.69, 9.17) is 5.11 Å². The molecule has 0 radical (unpaired) electrons. The molecule has 1 saturated carbocycles. The fourth-order valence-corrected chi connectivity index (χ4v) is 2.86. The van der Waals surface area contributed by atoms with Crippen LogP contribution in [0.3, 0.4) is 0 Å². The quantitative estimate of drug-likeness (QED) is 0.817. The van der Waals surface area contributed by atoms with Crippen LogP contribution in [0.1, 0.15) is 18.4 Å². The zero-order valence-corrected chi connectivity index (χ0v) is 9.45. The highest BCUT2D eigenvalue weighted by molar-refractivity contribution is 7.88. The molecule has 1 heterocycles. The van der Waals surface area contributed by atoms with E-state index < -0.39 is 21.7 Å². The van der Waals surface area contributed by atoms with Gasteiger partial charge in [0, 0.05) is 0 Å². The Morgan fingerprint density at radius 1 is 1.41 bits per heavy atom. The lowest BCUT2D eigenvalue weighted by Gasteiger charge is -2.10. The summed E-state index contributed by atoms with van der Waals surface area (Å²) in [7, 11) is -3.76.